The average Bonchev–Trinajstić information content (AvgIpc) is 3.34. The van der Waals surface area contributed by atoms with Crippen molar-refractivity contribution >= 4 is 22.6 Å². The van der Waals surface area contributed by atoms with E-state index in [1.807, 2.05) is 43.4 Å². The van der Waals surface area contributed by atoms with Crippen LogP contribution < -0.4 is 10.5 Å². The second kappa shape index (κ2) is 9.41. The van der Waals surface area contributed by atoms with Crippen molar-refractivity contribution in [3.63, 3.8) is 0 Å². The number of fused-ring (bicyclic) bond motifs is 1. The number of hydrogen-bond acceptors (Lipinski definition) is 4. The molecule has 0 bridgehead atoms. The Kier molecular flexibility index (Phi) is 6.58. The van der Waals surface area contributed by atoms with Gasteiger partial charge in [-0.25, -0.2) is 4.98 Å². The van der Waals surface area contributed by atoms with E-state index in [1.54, 1.807) is 18.5 Å². The number of aromatic nitrogens is 3. The molecule has 7 heteroatoms. The Hall–Kier alpha value is -3.09. The number of piperidine rings is 2. The zero-order chi connectivity index (χ0) is 23.6. The van der Waals surface area contributed by atoms with Crippen molar-refractivity contribution in [3.8, 4) is 11.1 Å². The topological polar surface area (TPSA) is 74.2 Å². The Morgan fingerprint density at radius 3 is 2.30 bits per heavy atom. The molecule has 3 aromatic rings. The Morgan fingerprint density at radius 1 is 1.03 bits per heavy atom. The molecule has 1 N–H and O–H groups in total. The molecule has 2 aliphatic heterocycles. The smallest absolute Gasteiger partial charge is 0.274 e. The standard InChI is InChI=1S/C24H29N5O2.C2H6/c1-17(30)28-11-6-24(7-12-28)8-13-29(14-9-24)21-4-3-18(15-26-21)20-16-27(2)23(31)22-19(20)5-10-25-22;1-2/h3-5,10,15-16,25H,6-9,11-14H2,1-2H3;1-2H3. The zero-order valence-electron chi connectivity index (χ0n) is 20.2. The molecule has 176 valence electrons. The van der Waals surface area contributed by atoms with Crippen molar-refractivity contribution < 1.29 is 4.79 Å². The molecule has 0 saturated carbocycles. The number of aromatic amines is 1. The molecule has 0 atom stereocenters. The monoisotopic (exact) mass is 449 g/mol. The van der Waals surface area contributed by atoms with E-state index >= 15 is 0 Å². The molecular weight excluding hydrogens is 414 g/mol. The van der Waals surface area contributed by atoms with Crippen molar-refractivity contribution in [2.24, 2.45) is 12.5 Å². The highest BCUT2D eigenvalue weighted by atomic mass is 16.2. The second-order valence-electron chi connectivity index (χ2n) is 9.12. The second-order valence-corrected chi connectivity index (χ2v) is 9.12. The number of carbonyl (C=O) groups excluding carboxylic acids is 1. The van der Waals surface area contributed by atoms with Gasteiger partial charge in [0, 0.05) is 75.3 Å². The van der Waals surface area contributed by atoms with Crippen molar-refractivity contribution in [2.75, 3.05) is 31.1 Å². The minimum Gasteiger partial charge on any atom is -0.357 e. The van der Waals surface area contributed by atoms with E-state index in [2.05, 4.69) is 22.0 Å². The van der Waals surface area contributed by atoms with E-state index in [0.717, 1.165) is 74.2 Å². The van der Waals surface area contributed by atoms with Gasteiger partial charge in [0.2, 0.25) is 5.91 Å². The number of aryl methyl sites for hydroxylation is 1. The maximum atomic E-state index is 12.3. The fourth-order valence-corrected chi connectivity index (χ4v) is 5.24. The van der Waals surface area contributed by atoms with Crippen LogP contribution in [0.15, 0.2) is 41.6 Å². The number of amides is 1. The summed E-state index contributed by atoms with van der Waals surface area (Å²) in [5.41, 5.74) is 3.00. The predicted molar refractivity (Wildman–Crippen MR) is 133 cm³/mol. The van der Waals surface area contributed by atoms with Crippen LogP contribution in [0.4, 0.5) is 5.82 Å². The van der Waals surface area contributed by atoms with Gasteiger partial charge >= 0.3 is 0 Å². The number of carbonyl (C=O) groups is 1. The van der Waals surface area contributed by atoms with Gasteiger partial charge in [-0.15, -0.1) is 0 Å². The quantitative estimate of drug-likeness (QED) is 0.637. The number of likely N-dealkylation sites (tertiary alicyclic amines) is 1. The van der Waals surface area contributed by atoms with Crippen LogP contribution >= 0.6 is 0 Å². The van der Waals surface area contributed by atoms with Crippen molar-refractivity contribution in [1.29, 1.82) is 0 Å². The Labute approximate surface area is 195 Å². The highest BCUT2D eigenvalue weighted by Gasteiger charge is 2.38. The van der Waals surface area contributed by atoms with Crippen LogP contribution in [0.5, 0.6) is 0 Å². The van der Waals surface area contributed by atoms with Crippen molar-refractivity contribution in [2.45, 2.75) is 46.5 Å². The molecule has 1 amide bonds. The van der Waals surface area contributed by atoms with Gasteiger partial charge in [-0.05, 0) is 49.3 Å². The molecule has 7 nitrogen and oxygen atoms in total. The fraction of sp³-hybridized carbons (Fsp3) is 0.500. The lowest BCUT2D eigenvalue weighted by atomic mass is 9.71. The first-order valence-electron chi connectivity index (χ1n) is 12.1. The van der Waals surface area contributed by atoms with Crippen LogP contribution in [0.2, 0.25) is 0 Å². The van der Waals surface area contributed by atoms with Crippen LogP contribution in [-0.4, -0.2) is 51.5 Å². The lowest BCUT2D eigenvalue weighted by molar-refractivity contribution is -0.131. The van der Waals surface area contributed by atoms with Gasteiger partial charge < -0.3 is 19.4 Å². The zero-order valence-corrected chi connectivity index (χ0v) is 20.2. The molecule has 1 spiro atoms. The number of anilines is 1. The summed E-state index contributed by atoms with van der Waals surface area (Å²) in [4.78, 5) is 36.1. The molecule has 0 radical (unpaired) electrons. The molecule has 5 rings (SSSR count). The normalized spacial score (nSPS) is 17.7. The van der Waals surface area contributed by atoms with E-state index in [9.17, 15) is 9.59 Å². The van der Waals surface area contributed by atoms with Crippen LogP contribution in [0, 0.1) is 5.41 Å². The van der Waals surface area contributed by atoms with Crippen LogP contribution in [0.3, 0.4) is 0 Å². The van der Waals surface area contributed by atoms with Crippen molar-refractivity contribution in [3.05, 3.63) is 47.1 Å². The van der Waals surface area contributed by atoms with E-state index in [0.29, 0.717) is 10.9 Å². The Bertz CT molecular complexity index is 1160. The lowest BCUT2D eigenvalue weighted by Crippen LogP contribution is -2.48. The van der Waals surface area contributed by atoms with Crippen LogP contribution in [0.25, 0.3) is 22.0 Å². The highest BCUT2D eigenvalue weighted by Crippen LogP contribution is 2.42. The summed E-state index contributed by atoms with van der Waals surface area (Å²) in [6, 6.07) is 6.14. The lowest BCUT2D eigenvalue weighted by Gasteiger charge is -2.47. The van der Waals surface area contributed by atoms with Gasteiger partial charge in [-0.2, -0.15) is 0 Å². The van der Waals surface area contributed by atoms with E-state index in [-0.39, 0.29) is 11.5 Å². The third-order valence-corrected chi connectivity index (χ3v) is 7.37. The summed E-state index contributed by atoms with van der Waals surface area (Å²) >= 11 is 0. The van der Waals surface area contributed by atoms with Gasteiger partial charge in [-0.1, -0.05) is 13.8 Å². The molecule has 5 heterocycles. The van der Waals surface area contributed by atoms with E-state index < -0.39 is 0 Å². The number of nitrogens with one attached hydrogen (secondary N) is 1. The largest absolute Gasteiger partial charge is 0.357 e. The Balaban J connectivity index is 0.00000126. The maximum absolute atomic E-state index is 12.3. The molecule has 0 unspecified atom stereocenters. The number of H-pyrrole nitrogens is 1. The van der Waals surface area contributed by atoms with Gasteiger partial charge in [0.15, 0.2) is 0 Å². The first kappa shape index (κ1) is 23.1. The summed E-state index contributed by atoms with van der Waals surface area (Å²) in [5.74, 6) is 1.21. The predicted octanol–water partition coefficient (Wildman–Crippen LogP) is 4.18. The van der Waals surface area contributed by atoms with Gasteiger partial charge in [-0.3, -0.25) is 9.59 Å². The fourth-order valence-electron chi connectivity index (χ4n) is 5.24. The summed E-state index contributed by atoms with van der Waals surface area (Å²) in [6.07, 6.45) is 10.2. The summed E-state index contributed by atoms with van der Waals surface area (Å²) in [6.45, 7) is 9.49. The minimum atomic E-state index is -0.0234. The summed E-state index contributed by atoms with van der Waals surface area (Å²) < 4.78 is 1.61. The molecular formula is C26H35N5O2. The minimum absolute atomic E-state index is 0.0234. The summed E-state index contributed by atoms with van der Waals surface area (Å²) in [5, 5.41) is 0.925. The number of rotatable bonds is 2. The number of hydrogen-bond donors (Lipinski definition) is 1. The molecule has 0 aromatic carbocycles. The average molecular weight is 450 g/mol. The molecule has 2 saturated heterocycles. The molecule has 2 aliphatic rings. The van der Waals surface area contributed by atoms with E-state index in [4.69, 9.17) is 4.98 Å². The highest BCUT2D eigenvalue weighted by molar-refractivity contribution is 5.94. The third kappa shape index (κ3) is 4.41. The van der Waals surface area contributed by atoms with Crippen molar-refractivity contribution in [1.82, 2.24) is 19.4 Å². The van der Waals surface area contributed by atoms with Crippen LogP contribution in [-0.2, 0) is 11.8 Å². The van der Waals surface area contributed by atoms with E-state index in [1.165, 1.54) is 0 Å². The molecule has 33 heavy (non-hydrogen) atoms. The number of nitrogens with zero attached hydrogens (tertiary/aromatic N) is 4. The van der Waals surface area contributed by atoms with Gasteiger partial charge in [0.05, 0.1) is 0 Å². The molecule has 2 fully saturated rings. The summed E-state index contributed by atoms with van der Waals surface area (Å²) in [7, 11) is 1.78. The first-order valence-corrected chi connectivity index (χ1v) is 12.1. The van der Waals surface area contributed by atoms with Crippen LogP contribution in [0.1, 0.15) is 46.5 Å². The Morgan fingerprint density at radius 2 is 1.70 bits per heavy atom. The molecule has 0 aliphatic carbocycles. The first-order chi connectivity index (χ1) is 16.0. The van der Waals surface area contributed by atoms with Gasteiger partial charge in [0.25, 0.3) is 5.56 Å². The SMILES string of the molecule is CC.CC(=O)N1CCC2(CC1)CCN(c1ccc(-c3cn(C)c(=O)c4[nH]ccc34)cn1)CC2. The number of pyridine rings is 2. The molecule has 3 aromatic heterocycles. The van der Waals surface area contributed by atoms with Gasteiger partial charge in [0.1, 0.15) is 11.3 Å². The maximum Gasteiger partial charge on any atom is 0.274 e. The third-order valence-electron chi connectivity index (χ3n) is 7.37.